The minimum absolute atomic E-state index is 0.00241. The molecule has 1 heterocycles. The van der Waals surface area contributed by atoms with Gasteiger partial charge in [-0.1, -0.05) is 0 Å². The minimum Gasteiger partial charge on any atom is -0.489 e. The lowest BCUT2D eigenvalue weighted by Gasteiger charge is -2.16. The molecule has 1 atom stereocenters. The van der Waals surface area contributed by atoms with Crippen LogP contribution in [0.4, 0.5) is 0 Å². The predicted molar refractivity (Wildman–Crippen MR) is 75.0 cm³/mol. The zero-order chi connectivity index (χ0) is 15.1. The monoisotopic (exact) mass is 319 g/mol. The highest BCUT2D eigenvalue weighted by atomic mass is 32.2. The summed E-state index contributed by atoms with van der Waals surface area (Å²) < 4.78 is 51.3. The number of rotatable bonds is 3. The van der Waals surface area contributed by atoms with Crippen LogP contribution < -0.4 is 9.88 Å². The molecule has 1 aromatic rings. The van der Waals surface area contributed by atoms with E-state index in [1.54, 1.807) is 19.9 Å². The molecular formula is C12H17NO5S2. The second-order valence-corrected chi connectivity index (χ2v) is 8.83. The van der Waals surface area contributed by atoms with Crippen LogP contribution in [0.1, 0.15) is 17.5 Å². The molecule has 2 rings (SSSR count). The van der Waals surface area contributed by atoms with Crippen molar-refractivity contribution in [3.05, 3.63) is 23.3 Å². The second-order valence-electron chi connectivity index (χ2n) is 5.07. The number of hydrogen-bond acceptors (Lipinski definition) is 5. The Hall–Kier alpha value is -1.12. The van der Waals surface area contributed by atoms with Crippen molar-refractivity contribution in [3.63, 3.8) is 0 Å². The number of benzene rings is 1. The smallest absolute Gasteiger partial charge is 0.238 e. The summed E-state index contributed by atoms with van der Waals surface area (Å²) in [6.45, 7) is 3.32. The molecule has 1 unspecified atom stereocenters. The first kappa shape index (κ1) is 15.3. The van der Waals surface area contributed by atoms with Gasteiger partial charge in [0.1, 0.15) is 11.9 Å². The van der Waals surface area contributed by atoms with Gasteiger partial charge in [0.15, 0.2) is 9.84 Å². The second kappa shape index (κ2) is 5.01. The van der Waals surface area contributed by atoms with Crippen molar-refractivity contribution in [2.24, 2.45) is 5.14 Å². The van der Waals surface area contributed by atoms with Crippen molar-refractivity contribution in [3.8, 4) is 5.75 Å². The lowest BCUT2D eigenvalue weighted by molar-refractivity contribution is 0.227. The first-order chi connectivity index (χ1) is 9.08. The van der Waals surface area contributed by atoms with Crippen molar-refractivity contribution in [2.75, 3.05) is 11.5 Å². The lowest BCUT2D eigenvalue weighted by atomic mass is 10.1. The van der Waals surface area contributed by atoms with Crippen LogP contribution in [-0.2, 0) is 19.9 Å². The third kappa shape index (κ3) is 3.31. The van der Waals surface area contributed by atoms with Gasteiger partial charge < -0.3 is 4.74 Å². The standard InChI is InChI=1S/C12H17NO5S2/c1-8-6-12(20(13,16)17)9(2)5-11(8)18-10-3-4-19(14,15)7-10/h5-6,10H,3-4,7H2,1-2H3,(H2,13,16,17). The third-order valence-corrected chi connectivity index (χ3v) is 6.05. The number of nitrogens with two attached hydrogens (primary N) is 1. The van der Waals surface area contributed by atoms with Crippen LogP contribution in [0.3, 0.4) is 0 Å². The van der Waals surface area contributed by atoms with Crippen molar-refractivity contribution in [1.29, 1.82) is 0 Å². The van der Waals surface area contributed by atoms with Crippen molar-refractivity contribution in [1.82, 2.24) is 0 Å². The minimum atomic E-state index is -3.77. The van der Waals surface area contributed by atoms with Gasteiger partial charge in [0.25, 0.3) is 0 Å². The molecule has 1 saturated heterocycles. The summed E-state index contributed by atoms with van der Waals surface area (Å²) >= 11 is 0. The van der Waals surface area contributed by atoms with Gasteiger partial charge in [-0.05, 0) is 43.5 Å². The fourth-order valence-electron chi connectivity index (χ4n) is 2.23. The molecule has 8 heteroatoms. The van der Waals surface area contributed by atoms with E-state index in [0.717, 1.165) is 0 Å². The van der Waals surface area contributed by atoms with Crippen LogP contribution in [0.15, 0.2) is 17.0 Å². The number of sulfonamides is 1. The van der Waals surface area contributed by atoms with Gasteiger partial charge >= 0.3 is 0 Å². The highest BCUT2D eigenvalue weighted by Crippen LogP contribution is 2.28. The summed E-state index contributed by atoms with van der Waals surface area (Å²) in [6, 6.07) is 3.03. The van der Waals surface area contributed by atoms with E-state index in [-0.39, 0.29) is 22.5 Å². The van der Waals surface area contributed by atoms with E-state index in [1.165, 1.54) is 6.07 Å². The van der Waals surface area contributed by atoms with E-state index in [2.05, 4.69) is 0 Å². The third-order valence-electron chi connectivity index (χ3n) is 3.26. The van der Waals surface area contributed by atoms with E-state index < -0.39 is 19.9 Å². The van der Waals surface area contributed by atoms with Crippen LogP contribution >= 0.6 is 0 Å². The molecule has 0 aromatic heterocycles. The van der Waals surface area contributed by atoms with Gasteiger partial charge in [-0.15, -0.1) is 0 Å². The molecule has 0 saturated carbocycles. The van der Waals surface area contributed by atoms with Crippen molar-refractivity contribution < 1.29 is 21.6 Å². The molecule has 1 aliphatic heterocycles. The van der Waals surface area contributed by atoms with Gasteiger partial charge in [-0.3, -0.25) is 0 Å². The van der Waals surface area contributed by atoms with Gasteiger partial charge in [0.05, 0.1) is 16.4 Å². The molecular weight excluding hydrogens is 302 g/mol. The molecule has 1 aromatic carbocycles. The van der Waals surface area contributed by atoms with Crippen LogP contribution in [0.5, 0.6) is 5.75 Å². The number of aryl methyl sites for hydroxylation is 2. The first-order valence-corrected chi connectivity index (χ1v) is 9.46. The zero-order valence-corrected chi connectivity index (χ0v) is 12.9. The van der Waals surface area contributed by atoms with Gasteiger partial charge in [0.2, 0.25) is 10.0 Å². The number of hydrogen-bond donors (Lipinski definition) is 1. The Bertz CT molecular complexity index is 737. The van der Waals surface area contributed by atoms with Crippen molar-refractivity contribution >= 4 is 19.9 Å². The van der Waals surface area contributed by atoms with Gasteiger partial charge in [-0.25, -0.2) is 22.0 Å². The molecule has 0 spiro atoms. The van der Waals surface area contributed by atoms with E-state index in [9.17, 15) is 16.8 Å². The zero-order valence-electron chi connectivity index (χ0n) is 11.3. The van der Waals surface area contributed by atoms with Crippen LogP contribution in [0, 0.1) is 13.8 Å². The summed E-state index contributed by atoms with van der Waals surface area (Å²) in [4.78, 5) is 0.0568. The Kier molecular flexibility index (Phi) is 3.83. The quantitative estimate of drug-likeness (QED) is 0.874. The van der Waals surface area contributed by atoms with Gasteiger partial charge in [-0.2, -0.15) is 0 Å². The Morgan fingerprint density at radius 3 is 2.40 bits per heavy atom. The molecule has 0 amide bonds. The first-order valence-electron chi connectivity index (χ1n) is 6.09. The Labute approximate surface area is 118 Å². The van der Waals surface area contributed by atoms with E-state index in [4.69, 9.17) is 9.88 Å². The molecule has 0 aliphatic carbocycles. The molecule has 0 bridgehead atoms. The van der Waals surface area contributed by atoms with Crippen LogP contribution in [0.2, 0.25) is 0 Å². The van der Waals surface area contributed by atoms with Crippen molar-refractivity contribution in [2.45, 2.75) is 31.3 Å². The summed E-state index contributed by atoms with van der Waals surface area (Å²) in [6.07, 6.45) is 0.0797. The normalized spacial score (nSPS) is 21.9. The summed E-state index contributed by atoms with van der Waals surface area (Å²) in [5.74, 6) is 0.630. The molecule has 20 heavy (non-hydrogen) atoms. The maximum atomic E-state index is 11.4. The maximum Gasteiger partial charge on any atom is 0.238 e. The summed E-state index contributed by atoms with van der Waals surface area (Å²) in [5.41, 5.74) is 1.10. The molecule has 0 radical (unpaired) electrons. The summed E-state index contributed by atoms with van der Waals surface area (Å²) in [5, 5.41) is 5.13. The van der Waals surface area contributed by atoms with E-state index in [1.807, 2.05) is 0 Å². The number of primary sulfonamides is 1. The predicted octanol–water partition coefficient (Wildman–Crippen LogP) is 0.517. The molecule has 6 nitrogen and oxygen atoms in total. The fraction of sp³-hybridized carbons (Fsp3) is 0.500. The Morgan fingerprint density at radius 2 is 1.90 bits per heavy atom. The molecule has 112 valence electrons. The largest absolute Gasteiger partial charge is 0.489 e. The SMILES string of the molecule is Cc1cc(S(N)(=O)=O)c(C)cc1OC1CCS(=O)(=O)C1. The maximum absolute atomic E-state index is 11.4. The average molecular weight is 319 g/mol. The average Bonchev–Trinajstić information content (AvgIpc) is 2.61. The van der Waals surface area contributed by atoms with E-state index in [0.29, 0.717) is 23.3 Å². The highest BCUT2D eigenvalue weighted by molar-refractivity contribution is 7.91. The Morgan fingerprint density at radius 1 is 1.25 bits per heavy atom. The van der Waals surface area contributed by atoms with Gasteiger partial charge in [0, 0.05) is 0 Å². The molecule has 1 fully saturated rings. The van der Waals surface area contributed by atoms with E-state index >= 15 is 0 Å². The lowest BCUT2D eigenvalue weighted by Crippen LogP contribution is -2.19. The number of sulfone groups is 1. The topological polar surface area (TPSA) is 104 Å². The fourth-order valence-corrected chi connectivity index (χ4v) is 4.67. The molecule has 1 aliphatic rings. The van der Waals surface area contributed by atoms with Crippen LogP contribution in [0.25, 0.3) is 0 Å². The number of ether oxygens (including phenoxy) is 1. The van der Waals surface area contributed by atoms with Crippen LogP contribution in [-0.4, -0.2) is 34.4 Å². The highest BCUT2D eigenvalue weighted by Gasteiger charge is 2.30. The Balaban J connectivity index is 2.29. The summed E-state index contributed by atoms with van der Waals surface area (Å²) in [7, 11) is -6.78. The molecule has 2 N–H and O–H groups in total.